The summed E-state index contributed by atoms with van der Waals surface area (Å²) in [5.74, 6) is -2.93. The number of hydrogen-bond acceptors (Lipinski definition) is 8. The summed E-state index contributed by atoms with van der Waals surface area (Å²) in [5.41, 5.74) is 1.52. The molecule has 2 N–H and O–H groups in total. The molecule has 9 nitrogen and oxygen atoms in total. The van der Waals surface area contributed by atoms with E-state index >= 15 is 0 Å². The third-order valence-electron chi connectivity index (χ3n) is 4.38. The minimum absolute atomic E-state index is 0.157. The zero-order valence-corrected chi connectivity index (χ0v) is 18.2. The molecule has 0 saturated heterocycles. The van der Waals surface area contributed by atoms with Crippen LogP contribution in [0.2, 0.25) is 0 Å². The Morgan fingerprint density at radius 2 is 1.91 bits per heavy atom. The van der Waals surface area contributed by atoms with Crippen molar-refractivity contribution in [1.29, 1.82) is 0 Å². The van der Waals surface area contributed by atoms with Gasteiger partial charge in [-0.3, -0.25) is 9.78 Å². The molecule has 0 aliphatic heterocycles. The first-order valence-corrected chi connectivity index (χ1v) is 9.97. The summed E-state index contributed by atoms with van der Waals surface area (Å²) in [7, 11) is 1.93. The van der Waals surface area contributed by atoms with Crippen LogP contribution in [0.3, 0.4) is 0 Å². The van der Waals surface area contributed by atoms with Gasteiger partial charge in [-0.25, -0.2) is 19.9 Å². The summed E-state index contributed by atoms with van der Waals surface area (Å²) in [4.78, 5) is 34.1. The van der Waals surface area contributed by atoms with Crippen molar-refractivity contribution < 1.29 is 13.6 Å². The number of pyridine rings is 1. The van der Waals surface area contributed by atoms with Crippen molar-refractivity contribution in [3.63, 3.8) is 0 Å². The number of carbonyl (C=O) groups excluding carboxylic acids is 1. The van der Waals surface area contributed by atoms with E-state index in [1.807, 2.05) is 11.9 Å². The molecule has 0 radical (unpaired) electrons. The Labute approximate surface area is 184 Å². The molecule has 0 aliphatic carbocycles. The largest absolute Gasteiger partial charge is 0.358 e. The fraction of sp³-hybridized carbons (Fsp3) is 0.333. The second-order valence-electron chi connectivity index (χ2n) is 7.26. The van der Waals surface area contributed by atoms with Crippen molar-refractivity contribution in [3.05, 3.63) is 42.7 Å². The first kappa shape index (κ1) is 22.9. The van der Waals surface area contributed by atoms with Gasteiger partial charge in [-0.1, -0.05) is 6.92 Å². The maximum Gasteiger partial charge on any atom is 0.303 e. The number of carbonyl (C=O) groups is 1. The molecule has 3 aromatic rings. The van der Waals surface area contributed by atoms with Gasteiger partial charge in [-0.05, 0) is 12.5 Å². The molecule has 3 aromatic heterocycles. The van der Waals surface area contributed by atoms with Crippen LogP contribution in [0, 0.1) is 0 Å². The van der Waals surface area contributed by atoms with Crippen molar-refractivity contribution in [2.75, 3.05) is 29.1 Å². The predicted molar refractivity (Wildman–Crippen MR) is 118 cm³/mol. The molecule has 0 fully saturated rings. The number of amides is 1. The Kier molecular flexibility index (Phi) is 6.86. The summed E-state index contributed by atoms with van der Waals surface area (Å²) in [6.07, 6.45) is 6.99. The van der Waals surface area contributed by atoms with Crippen LogP contribution < -0.4 is 15.5 Å². The van der Waals surface area contributed by atoms with E-state index in [1.54, 1.807) is 18.5 Å². The van der Waals surface area contributed by atoms with E-state index in [-0.39, 0.29) is 17.5 Å². The van der Waals surface area contributed by atoms with E-state index in [0.717, 1.165) is 25.7 Å². The first-order valence-electron chi connectivity index (χ1n) is 9.97. The highest BCUT2D eigenvalue weighted by Gasteiger charge is 2.28. The van der Waals surface area contributed by atoms with Gasteiger partial charge in [0.25, 0.3) is 0 Å². The Hall–Kier alpha value is -3.76. The monoisotopic (exact) mass is 442 g/mol. The van der Waals surface area contributed by atoms with E-state index in [4.69, 9.17) is 0 Å². The standard InChI is InChI=1S/C21H24F2N8O/c1-5-8-31(4)19-12-25-16(11-27-19)14-10-26-18(28-13(2)32)9-15(14)29-17-6-7-24-20(30-17)21(3,22)23/h6-7,9-12H,5,8H2,1-4H3,(H2,24,26,28,29,30,32). The van der Waals surface area contributed by atoms with Gasteiger partial charge in [0.2, 0.25) is 11.7 Å². The minimum Gasteiger partial charge on any atom is -0.358 e. The van der Waals surface area contributed by atoms with Crippen LogP contribution >= 0.6 is 0 Å². The van der Waals surface area contributed by atoms with E-state index in [2.05, 4.69) is 42.5 Å². The third-order valence-corrected chi connectivity index (χ3v) is 4.38. The van der Waals surface area contributed by atoms with Gasteiger partial charge in [-0.15, -0.1) is 0 Å². The second kappa shape index (κ2) is 9.58. The maximum atomic E-state index is 13.7. The van der Waals surface area contributed by atoms with Gasteiger partial charge in [0.1, 0.15) is 17.5 Å². The fourth-order valence-corrected chi connectivity index (χ4v) is 2.90. The number of hydrogen-bond donors (Lipinski definition) is 2. The number of nitrogens with zero attached hydrogens (tertiary/aromatic N) is 6. The minimum atomic E-state index is -3.19. The number of halogens is 2. The molecule has 0 unspecified atom stereocenters. The third kappa shape index (κ3) is 5.68. The number of alkyl halides is 2. The quantitative estimate of drug-likeness (QED) is 0.539. The normalized spacial score (nSPS) is 11.2. The lowest BCUT2D eigenvalue weighted by molar-refractivity contribution is -0.114. The van der Waals surface area contributed by atoms with Crippen LogP contribution in [0.1, 0.15) is 33.0 Å². The average molecular weight is 442 g/mol. The smallest absolute Gasteiger partial charge is 0.303 e. The molecule has 0 bridgehead atoms. The molecule has 32 heavy (non-hydrogen) atoms. The molecule has 168 valence electrons. The lowest BCUT2D eigenvalue weighted by Gasteiger charge is -2.17. The van der Waals surface area contributed by atoms with Crippen molar-refractivity contribution in [1.82, 2.24) is 24.9 Å². The zero-order valence-electron chi connectivity index (χ0n) is 18.2. The van der Waals surface area contributed by atoms with Gasteiger partial charge in [-0.2, -0.15) is 8.78 Å². The molecule has 0 aliphatic rings. The summed E-state index contributed by atoms with van der Waals surface area (Å²) >= 11 is 0. The Morgan fingerprint density at radius 3 is 2.53 bits per heavy atom. The van der Waals surface area contributed by atoms with E-state index in [1.165, 1.54) is 25.4 Å². The Morgan fingerprint density at radius 1 is 1.12 bits per heavy atom. The fourth-order valence-electron chi connectivity index (χ4n) is 2.90. The number of nitrogens with one attached hydrogen (secondary N) is 2. The van der Waals surface area contributed by atoms with Crippen LogP contribution in [-0.4, -0.2) is 44.4 Å². The Balaban J connectivity index is 1.99. The van der Waals surface area contributed by atoms with Gasteiger partial charge >= 0.3 is 5.92 Å². The molecular formula is C21H24F2N8O. The maximum absolute atomic E-state index is 13.7. The summed E-state index contributed by atoms with van der Waals surface area (Å²) in [6.45, 7) is 5.00. The number of anilines is 4. The van der Waals surface area contributed by atoms with E-state index in [9.17, 15) is 13.6 Å². The average Bonchev–Trinajstić information content (AvgIpc) is 2.73. The molecule has 0 atom stereocenters. The topological polar surface area (TPSA) is 109 Å². The van der Waals surface area contributed by atoms with E-state index < -0.39 is 11.7 Å². The number of rotatable bonds is 8. The highest BCUT2D eigenvalue weighted by Crippen LogP contribution is 2.31. The van der Waals surface area contributed by atoms with Crippen LogP contribution in [0.15, 0.2) is 36.9 Å². The van der Waals surface area contributed by atoms with E-state index in [0.29, 0.717) is 16.9 Å². The molecule has 0 spiro atoms. The van der Waals surface area contributed by atoms with Crippen molar-refractivity contribution >= 4 is 29.0 Å². The SMILES string of the molecule is CCCN(C)c1cnc(-c2cnc(NC(C)=O)cc2Nc2ccnc(C(C)(F)F)n2)cn1. The van der Waals surface area contributed by atoms with Gasteiger partial charge < -0.3 is 15.5 Å². The molecular weight excluding hydrogens is 418 g/mol. The second-order valence-corrected chi connectivity index (χ2v) is 7.26. The molecule has 3 heterocycles. The van der Waals surface area contributed by atoms with Gasteiger partial charge in [0, 0.05) is 51.5 Å². The van der Waals surface area contributed by atoms with Gasteiger partial charge in [0.05, 0.1) is 23.8 Å². The van der Waals surface area contributed by atoms with Crippen molar-refractivity contribution in [2.24, 2.45) is 0 Å². The highest BCUT2D eigenvalue weighted by atomic mass is 19.3. The van der Waals surface area contributed by atoms with Crippen LogP contribution in [0.5, 0.6) is 0 Å². The first-order chi connectivity index (χ1) is 15.2. The van der Waals surface area contributed by atoms with Crippen LogP contribution in [0.4, 0.5) is 31.9 Å². The van der Waals surface area contributed by atoms with Crippen LogP contribution in [0.25, 0.3) is 11.3 Å². The predicted octanol–water partition coefficient (Wildman–Crippen LogP) is 3.99. The van der Waals surface area contributed by atoms with Crippen molar-refractivity contribution in [2.45, 2.75) is 33.1 Å². The zero-order chi connectivity index (χ0) is 23.3. The molecule has 11 heteroatoms. The lowest BCUT2D eigenvalue weighted by atomic mass is 10.1. The van der Waals surface area contributed by atoms with Gasteiger partial charge in [0.15, 0.2) is 0 Å². The summed E-state index contributed by atoms with van der Waals surface area (Å²) < 4.78 is 27.3. The lowest BCUT2D eigenvalue weighted by Crippen LogP contribution is -2.19. The van der Waals surface area contributed by atoms with Crippen LogP contribution in [-0.2, 0) is 10.7 Å². The highest BCUT2D eigenvalue weighted by molar-refractivity contribution is 5.89. The number of aromatic nitrogens is 5. The van der Waals surface area contributed by atoms with Crippen molar-refractivity contribution in [3.8, 4) is 11.3 Å². The molecule has 3 rings (SSSR count). The Bertz CT molecular complexity index is 1090. The summed E-state index contributed by atoms with van der Waals surface area (Å²) in [6, 6.07) is 3.04. The summed E-state index contributed by atoms with van der Waals surface area (Å²) in [5, 5.41) is 5.60. The molecule has 0 aromatic carbocycles. The molecule has 1 amide bonds. The molecule has 0 saturated carbocycles.